The zero-order chi connectivity index (χ0) is 22.2. The zero-order valence-corrected chi connectivity index (χ0v) is 20.4. The van der Waals surface area contributed by atoms with Crippen molar-refractivity contribution in [2.24, 2.45) is 7.05 Å². The lowest BCUT2D eigenvalue weighted by Gasteiger charge is -2.33. The van der Waals surface area contributed by atoms with E-state index in [1.54, 1.807) is 30.2 Å². The van der Waals surface area contributed by atoms with Gasteiger partial charge >= 0.3 is 0 Å². The molecule has 1 unspecified atom stereocenters. The van der Waals surface area contributed by atoms with Gasteiger partial charge < -0.3 is 15.3 Å². The number of rotatable bonds is 4. The molecule has 0 aliphatic carbocycles. The van der Waals surface area contributed by atoms with Crippen LogP contribution in [0.15, 0.2) is 42.7 Å². The molecule has 1 aliphatic heterocycles. The first-order valence-electron chi connectivity index (χ1n) is 10.7. The van der Waals surface area contributed by atoms with Crippen LogP contribution in [0.2, 0.25) is 0 Å². The highest BCUT2D eigenvalue weighted by Gasteiger charge is 2.20. The molecule has 1 fully saturated rings. The fraction of sp³-hybridized carbons (Fsp3) is 0.304. The van der Waals surface area contributed by atoms with Gasteiger partial charge in [0.1, 0.15) is 22.7 Å². The lowest BCUT2D eigenvalue weighted by atomic mass is 10.0. The van der Waals surface area contributed by atoms with E-state index in [9.17, 15) is 9.50 Å². The van der Waals surface area contributed by atoms with Gasteiger partial charge in [-0.3, -0.25) is 4.68 Å². The number of benzene rings is 1. The second-order valence-electron chi connectivity index (χ2n) is 8.07. The molecule has 0 radical (unpaired) electrons. The van der Waals surface area contributed by atoms with Crippen LogP contribution in [0.25, 0.3) is 33.4 Å². The molecule has 3 aromatic heterocycles. The normalized spacial score (nSPS) is 15.6. The molecule has 0 bridgehead atoms. The molecule has 1 aliphatic rings. The van der Waals surface area contributed by atoms with E-state index in [2.05, 4.69) is 37.4 Å². The number of nitrogens with one attached hydrogen (secondary N) is 1. The first-order valence-corrected chi connectivity index (χ1v) is 10.7. The number of hydrogen-bond acceptors (Lipinski definition) is 7. The quantitative estimate of drug-likeness (QED) is 0.433. The maximum atomic E-state index is 14.4. The summed E-state index contributed by atoms with van der Waals surface area (Å²) in [5, 5.41) is 27.6. The second kappa shape index (κ2) is 10.5. The lowest BCUT2D eigenvalue weighted by molar-refractivity contribution is 0.444. The molecule has 0 amide bonds. The molecule has 1 aromatic carbocycles. The Labute approximate surface area is 209 Å². The van der Waals surface area contributed by atoms with Crippen molar-refractivity contribution < 1.29 is 9.50 Å². The Kier molecular flexibility index (Phi) is 7.91. The molecule has 34 heavy (non-hydrogen) atoms. The number of nitrogens with zero attached hydrogens (tertiary/aromatic N) is 6. The van der Waals surface area contributed by atoms with Crippen molar-refractivity contribution in [2.75, 3.05) is 24.5 Å². The minimum Gasteiger partial charge on any atom is -0.506 e. The van der Waals surface area contributed by atoms with E-state index < -0.39 is 5.82 Å². The van der Waals surface area contributed by atoms with E-state index in [1.165, 1.54) is 6.07 Å². The van der Waals surface area contributed by atoms with Gasteiger partial charge in [0.15, 0.2) is 11.6 Å². The van der Waals surface area contributed by atoms with E-state index in [0.717, 1.165) is 31.9 Å². The van der Waals surface area contributed by atoms with Gasteiger partial charge in [0.05, 0.1) is 0 Å². The maximum Gasteiger partial charge on any atom is 0.151 e. The predicted octanol–water partition coefficient (Wildman–Crippen LogP) is 3.97. The smallest absolute Gasteiger partial charge is 0.151 e. The van der Waals surface area contributed by atoms with Crippen LogP contribution in [0.4, 0.5) is 10.2 Å². The highest BCUT2D eigenvalue weighted by atomic mass is 35.5. The average molecular weight is 506 g/mol. The zero-order valence-electron chi connectivity index (χ0n) is 18.8. The fourth-order valence-electron chi connectivity index (χ4n) is 4.11. The van der Waals surface area contributed by atoms with Gasteiger partial charge in [0.25, 0.3) is 0 Å². The van der Waals surface area contributed by atoms with Gasteiger partial charge in [-0.25, -0.2) is 9.37 Å². The van der Waals surface area contributed by atoms with E-state index in [0.29, 0.717) is 39.5 Å². The number of hydrogen-bond donors (Lipinski definition) is 2. The molecule has 1 saturated heterocycles. The van der Waals surface area contributed by atoms with E-state index >= 15 is 0 Å². The molecular formula is C23H26Cl2FN7O. The maximum absolute atomic E-state index is 14.4. The Bertz CT molecular complexity index is 1280. The molecule has 8 nitrogen and oxygen atoms in total. The molecular weight excluding hydrogens is 480 g/mol. The third-order valence-corrected chi connectivity index (χ3v) is 5.84. The van der Waals surface area contributed by atoms with Crippen LogP contribution in [0.3, 0.4) is 0 Å². The summed E-state index contributed by atoms with van der Waals surface area (Å²) in [5.74, 6) is 0.357. The lowest BCUT2D eigenvalue weighted by Crippen LogP contribution is -2.50. The van der Waals surface area contributed by atoms with Gasteiger partial charge in [-0.2, -0.15) is 5.10 Å². The molecule has 11 heteroatoms. The first kappa shape index (κ1) is 25.6. The molecule has 4 heterocycles. The summed E-state index contributed by atoms with van der Waals surface area (Å²) in [5.41, 5.74) is 2.35. The van der Waals surface area contributed by atoms with E-state index in [1.807, 2.05) is 18.2 Å². The van der Waals surface area contributed by atoms with Crippen LogP contribution in [-0.4, -0.2) is 55.7 Å². The monoisotopic (exact) mass is 505 g/mol. The average Bonchev–Trinajstić information content (AvgIpc) is 3.20. The van der Waals surface area contributed by atoms with Gasteiger partial charge in [-0.15, -0.1) is 35.0 Å². The summed E-state index contributed by atoms with van der Waals surface area (Å²) in [6.45, 7) is 4.84. The Morgan fingerprint density at radius 2 is 1.97 bits per heavy atom. The summed E-state index contributed by atoms with van der Waals surface area (Å²) in [6, 6.07) is 8.95. The van der Waals surface area contributed by atoms with Crippen LogP contribution in [0, 0.1) is 5.82 Å². The van der Waals surface area contributed by atoms with Crippen LogP contribution in [0.5, 0.6) is 5.75 Å². The number of aryl methyl sites for hydroxylation is 1. The molecule has 0 saturated carbocycles. The van der Waals surface area contributed by atoms with Crippen LogP contribution < -0.4 is 10.2 Å². The van der Waals surface area contributed by atoms with E-state index in [-0.39, 0.29) is 30.6 Å². The Balaban J connectivity index is 0.00000162. The topological polar surface area (TPSA) is 92.0 Å². The van der Waals surface area contributed by atoms with Gasteiger partial charge in [-0.05, 0) is 42.3 Å². The number of aromatic nitrogens is 5. The standard InChI is InChI=1S/C23H24FN7O.2ClH/c1-3-17-13-31(7-6-25-17)21-5-4-19(27-28-21)23-20(32)10-15(11-26-23)14-8-16-12-30(2)29-22(16)18(24)9-14;;/h4-5,8-12,17,25,32H,3,6-7,13H2,1-2H3;2*1H. The molecule has 5 rings (SSSR count). The van der Waals surface area contributed by atoms with Gasteiger partial charge in [0.2, 0.25) is 0 Å². The van der Waals surface area contributed by atoms with Crippen molar-refractivity contribution in [3.63, 3.8) is 0 Å². The Hall–Kier alpha value is -3.01. The SMILES string of the molecule is CCC1CN(c2ccc(-c3ncc(-c4cc(F)c5nn(C)cc5c4)cc3O)nn2)CCN1.Cl.Cl. The van der Waals surface area contributed by atoms with Gasteiger partial charge in [0, 0.05) is 56.1 Å². The van der Waals surface area contributed by atoms with Crippen molar-refractivity contribution in [1.82, 2.24) is 30.3 Å². The summed E-state index contributed by atoms with van der Waals surface area (Å²) < 4.78 is 16.0. The third-order valence-electron chi connectivity index (χ3n) is 5.84. The van der Waals surface area contributed by atoms with Crippen LogP contribution in [0.1, 0.15) is 13.3 Å². The summed E-state index contributed by atoms with van der Waals surface area (Å²) >= 11 is 0. The summed E-state index contributed by atoms with van der Waals surface area (Å²) in [7, 11) is 1.75. The number of pyridine rings is 1. The van der Waals surface area contributed by atoms with E-state index in [4.69, 9.17) is 0 Å². The van der Waals surface area contributed by atoms with Crippen molar-refractivity contribution in [1.29, 1.82) is 0 Å². The predicted molar refractivity (Wildman–Crippen MR) is 135 cm³/mol. The molecule has 0 spiro atoms. The largest absolute Gasteiger partial charge is 0.506 e. The summed E-state index contributed by atoms with van der Waals surface area (Å²) in [4.78, 5) is 6.60. The minimum atomic E-state index is -0.415. The number of aromatic hydroxyl groups is 1. The summed E-state index contributed by atoms with van der Waals surface area (Å²) in [6.07, 6.45) is 4.41. The second-order valence-corrected chi connectivity index (χ2v) is 8.07. The highest BCUT2D eigenvalue weighted by Crippen LogP contribution is 2.32. The van der Waals surface area contributed by atoms with Crippen molar-refractivity contribution >= 4 is 41.5 Å². The number of fused-ring (bicyclic) bond motifs is 1. The molecule has 1 atom stereocenters. The highest BCUT2D eigenvalue weighted by molar-refractivity contribution is 5.86. The van der Waals surface area contributed by atoms with Crippen molar-refractivity contribution in [3.8, 4) is 28.3 Å². The Morgan fingerprint density at radius 1 is 1.15 bits per heavy atom. The van der Waals surface area contributed by atoms with Crippen molar-refractivity contribution in [2.45, 2.75) is 19.4 Å². The van der Waals surface area contributed by atoms with Crippen LogP contribution >= 0.6 is 24.8 Å². The van der Waals surface area contributed by atoms with Crippen LogP contribution in [-0.2, 0) is 7.05 Å². The third kappa shape index (κ3) is 4.91. The fourth-order valence-corrected chi connectivity index (χ4v) is 4.11. The molecule has 2 N–H and O–H groups in total. The Morgan fingerprint density at radius 3 is 2.68 bits per heavy atom. The molecule has 4 aromatic rings. The minimum absolute atomic E-state index is 0. The number of halogens is 3. The van der Waals surface area contributed by atoms with Crippen molar-refractivity contribution in [3.05, 3.63) is 48.5 Å². The van der Waals surface area contributed by atoms with Gasteiger partial charge in [-0.1, -0.05) is 6.92 Å². The number of anilines is 1. The number of piperazine rings is 1. The first-order chi connectivity index (χ1) is 15.5. The molecule has 180 valence electrons.